The van der Waals surface area contributed by atoms with Crippen molar-refractivity contribution in [2.45, 2.75) is 45.2 Å². The molecule has 0 amide bonds. The van der Waals surface area contributed by atoms with Gasteiger partial charge in [0.15, 0.2) is 0 Å². The van der Waals surface area contributed by atoms with Crippen LogP contribution in [0.4, 0.5) is 0 Å². The van der Waals surface area contributed by atoms with Gasteiger partial charge in [0.05, 0.1) is 0 Å². The molecule has 2 unspecified atom stereocenters. The molecule has 1 aliphatic carbocycles. The maximum atomic E-state index is 12.0. The van der Waals surface area contributed by atoms with Crippen LogP contribution in [-0.4, -0.2) is 38.4 Å². The van der Waals surface area contributed by atoms with E-state index >= 15 is 0 Å². The van der Waals surface area contributed by atoms with Gasteiger partial charge in [-0.05, 0) is 39.2 Å². The van der Waals surface area contributed by atoms with Crippen LogP contribution < -0.4 is 10.5 Å². The van der Waals surface area contributed by atoms with E-state index in [0.717, 1.165) is 19.3 Å². The molecule has 0 radical (unpaired) electrons. The summed E-state index contributed by atoms with van der Waals surface area (Å²) >= 11 is 0. The molecule has 3 N–H and O–H groups in total. The molecule has 1 fully saturated rings. The minimum atomic E-state index is -3.36. The summed E-state index contributed by atoms with van der Waals surface area (Å²) in [6, 6.07) is -0.0218. The van der Waals surface area contributed by atoms with Gasteiger partial charge in [-0.2, -0.15) is 17.4 Å². The molecule has 0 aromatic rings. The second-order valence-electron chi connectivity index (χ2n) is 4.77. The molecule has 5 nitrogen and oxygen atoms in total. The summed E-state index contributed by atoms with van der Waals surface area (Å²) < 4.78 is 28.0. The summed E-state index contributed by atoms with van der Waals surface area (Å²) in [5.74, 6) is 0.287. The molecular formula is C10H23N3O2S. The maximum absolute atomic E-state index is 12.0. The van der Waals surface area contributed by atoms with Crippen molar-refractivity contribution in [1.82, 2.24) is 9.03 Å². The largest absolute Gasteiger partial charge is 0.330 e. The summed E-state index contributed by atoms with van der Waals surface area (Å²) in [7, 11) is -1.76. The van der Waals surface area contributed by atoms with Crippen molar-refractivity contribution in [2.75, 3.05) is 13.6 Å². The Balaban J connectivity index is 2.65. The van der Waals surface area contributed by atoms with E-state index in [-0.39, 0.29) is 18.0 Å². The Morgan fingerprint density at radius 1 is 1.44 bits per heavy atom. The van der Waals surface area contributed by atoms with Gasteiger partial charge in [0, 0.05) is 19.1 Å². The lowest BCUT2D eigenvalue weighted by atomic mass is 10.1. The summed E-state index contributed by atoms with van der Waals surface area (Å²) in [5, 5.41) is 0. The zero-order chi connectivity index (χ0) is 12.3. The van der Waals surface area contributed by atoms with Crippen LogP contribution in [-0.2, 0) is 10.2 Å². The molecule has 0 spiro atoms. The molecule has 96 valence electrons. The molecule has 2 atom stereocenters. The second-order valence-corrected chi connectivity index (χ2v) is 6.53. The minimum absolute atomic E-state index is 0.0104. The second kappa shape index (κ2) is 5.44. The maximum Gasteiger partial charge on any atom is 0.279 e. The van der Waals surface area contributed by atoms with Gasteiger partial charge in [-0.25, -0.2) is 0 Å². The predicted octanol–water partition coefficient (Wildman–Crippen LogP) is 0.288. The van der Waals surface area contributed by atoms with E-state index in [1.54, 1.807) is 7.05 Å². The molecule has 1 saturated carbocycles. The topological polar surface area (TPSA) is 75.4 Å². The number of nitrogens with zero attached hydrogens (tertiary/aromatic N) is 1. The fourth-order valence-electron chi connectivity index (χ4n) is 2.03. The average Bonchev–Trinajstić information content (AvgIpc) is 2.63. The quantitative estimate of drug-likeness (QED) is 0.735. The Morgan fingerprint density at radius 2 is 2.06 bits per heavy atom. The van der Waals surface area contributed by atoms with Gasteiger partial charge in [0.1, 0.15) is 0 Å². The van der Waals surface area contributed by atoms with Gasteiger partial charge in [0.2, 0.25) is 0 Å². The highest BCUT2D eigenvalue weighted by molar-refractivity contribution is 7.87. The van der Waals surface area contributed by atoms with Crippen LogP contribution in [0.5, 0.6) is 0 Å². The third kappa shape index (κ3) is 3.16. The molecule has 0 heterocycles. The summed E-state index contributed by atoms with van der Waals surface area (Å²) in [6.45, 7) is 4.27. The van der Waals surface area contributed by atoms with Crippen LogP contribution >= 0.6 is 0 Å². The molecule has 0 saturated heterocycles. The molecule has 1 rings (SSSR count). The third-order valence-corrected chi connectivity index (χ3v) is 5.15. The lowest BCUT2D eigenvalue weighted by molar-refractivity contribution is 0.382. The van der Waals surface area contributed by atoms with E-state index in [9.17, 15) is 8.42 Å². The van der Waals surface area contributed by atoms with Crippen molar-refractivity contribution in [1.29, 1.82) is 0 Å². The van der Waals surface area contributed by atoms with Crippen LogP contribution in [0.25, 0.3) is 0 Å². The van der Waals surface area contributed by atoms with Crippen molar-refractivity contribution in [3.8, 4) is 0 Å². The number of nitrogens with one attached hydrogen (secondary N) is 1. The van der Waals surface area contributed by atoms with Gasteiger partial charge in [0.25, 0.3) is 10.2 Å². The first-order valence-corrected chi connectivity index (χ1v) is 7.28. The number of hydrogen-bond donors (Lipinski definition) is 2. The van der Waals surface area contributed by atoms with E-state index in [2.05, 4.69) is 4.72 Å². The van der Waals surface area contributed by atoms with Crippen LogP contribution in [0.2, 0.25) is 0 Å². The van der Waals surface area contributed by atoms with Crippen LogP contribution in [0.1, 0.15) is 33.1 Å². The molecule has 6 heteroatoms. The molecular weight excluding hydrogens is 226 g/mol. The first-order valence-electron chi connectivity index (χ1n) is 5.84. The molecule has 0 aromatic carbocycles. The van der Waals surface area contributed by atoms with Gasteiger partial charge < -0.3 is 5.73 Å². The molecule has 1 aliphatic rings. The molecule has 0 aliphatic heterocycles. The zero-order valence-electron chi connectivity index (χ0n) is 10.3. The first-order chi connectivity index (χ1) is 7.38. The SMILES string of the molecule is CC(C)N(C)S(=O)(=O)NC1CCCC1CN. The Morgan fingerprint density at radius 3 is 2.56 bits per heavy atom. The molecule has 0 bridgehead atoms. The van der Waals surface area contributed by atoms with Gasteiger partial charge >= 0.3 is 0 Å². The zero-order valence-corrected chi connectivity index (χ0v) is 11.1. The Bertz CT molecular complexity index is 316. The van der Waals surface area contributed by atoms with Crippen molar-refractivity contribution in [3.63, 3.8) is 0 Å². The Labute approximate surface area is 98.6 Å². The first kappa shape index (κ1) is 13.9. The van der Waals surface area contributed by atoms with Crippen LogP contribution in [0.15, 0.2) is 0 Å². The van der Waals surface area contributed by atoms with Crippen molar-refractivity contribution < 1.29 is 8.42 Å². The fraction of sp³-hybridized carbons (Fsp3) is 1.00. The highest BCUT2D eigenvalue weighted by Crippen LogP contribution is 2.25. The summed E-state index contributed by atoms with van der Waals surface area (Å²) in [4.78, 5) is 0. The van der Waals surface area contributed by atoms with E-state index in [1.807, 2.05) is 13.8 Å². The lowest BCUT2D eigenvalue weighted by Crippen LogP contribution is -2.48. The number of rotatable bonds is 5. The van der Waals surface area contributed by atoms with Crippen LogP contribution in [0.3, 0.4) is 0 Å². The Kier molecular flexibility index (Phi) is 4.73. The smallest absolute Gasteiger partial charge is 0.279 e. The third-order valence-electron chi connectivity index (χ3n) is 3.37. The van der Waals surface area contributed by atoms with E-state index in [1.165, 1.54) is 4.31 Å². The predicted molar refractivity (Wildman–Crippen MR) is 65.1 cm³/mol. The van der Waals surface area contributed by atoms with Gasteiger partial charge in [-0.15, -0.1) is 0 Å². The fourth-order valence-corrected chi connectivity index (χ4v) is 3.44. The van der Waals surface area contributed by atoms with Crippen LogP contribution in [0, 0.1) is 5.92 Å². The molecule has 0 aromatic heterocycles. The van der Waals surface area contributed by atoms with Gasteiger partial charge in [-0.3, -0.25) is 0 Å². The van der Waals surface area contributed by atoms with Crippen molar-refractivity contribution in [2.24, 2.45) is 11.7 Å². The van der Waals surface area contributed by atoms with Crippen molar-refractivity contribution >= 4 is 10.2 Å². The number of hydrogen-bond acceptors (Lipinski definition) is 3. The number of nitrogens with two attached hydrogens (primary N) is 1. The minimum Gasteiger partial charge on any atom is -0.330 e. The summed E-state index contributed by atoms with van der Waals surface area (Å²) in [5.41, 5.74) is 5.63. The Hall–Kier alpha value is -0.170. The van der Waals surface area contributed by atoms with E-state index < -0.39 is 10.2 Å². The standard InChI is InChI=1S/C10H23N3O2S/c1-8(2)13(3)16(14,15)12-10-6-4-5-9(10)7-11/h8-10,12H,4-7,11H2,1-3H3. The lowest BCUT2D eigenvalue weighted by Gasteiger charge is -2.26. The monoisotopic (exact) mass is 249 g/mol. The highest BCUT2D eigenvalue weighted by Gasteiger charge is 2.31. The van der Waals surface area contributed by atoms with E-state index in [0.29, 0.717) is 6.54 Å². The van der Waals surface area contributed by atoms with Crippen molar-refractivity contribution in [3.05, 3.63) is 0 Å². The highest BCUT2D eigenvalue weighted by atomic mass is 32.2. The normalized spacial score (nSPS) is 26.9. The van der Waals surface area contributed by atoms with E-state index in [4.69, 9.17) is 5.73 Å². The average molecular weight is 249 g/mol. The summed E-state index contributed by atoms with van der Waals surface area (Å²) in [6.07, 6.45) is 2.97. The van der Waals surface area contributed by atoms with Gasteiger partial charge in [-0.1, -0.05) is 6.42 Å². The molecule has 16 heavy (non-hydrogen) atoms.